The van der Waals surface area contributed by atoms with Gasteiger partial charge in [-0.3, -0.25) is 4.40 Å². The predicted molar refractivity (Wildman–Crippen MR) is 182 cm³/mol. The van der Waals surface area contributed by atoms with Crippen molar-refractivity contribution in [3.8, 4) is 0 Å². The molecule has 5 rings (SSSR count). The molecule has 0 radical (unpaired) electrons. The van der Waals surface area contributed by atoms with Gasteiger partial charge in [-0.2, -0.15) is 0 Å². The van der Waals surface area contributed by atoms with E-state index in [4.69, 9.17) is 9.97 Å². The van der Waals surface area contributed by atoms with Crippen molar-refractivity contribution in [3.05, 3.63) is 52.3 Å². The fourth-order valence-electron chi connectivity index (χ4n) is 6.53. The van der Waals surface area contributed by atoms with Crippen LogP contribution in [-0.4, -0.2) is 14.4 Å². The van der Waals surface area contributed by atoms with Gasteiger partial charge in [0.15, 0.2) is 0 Å². The van der Waals surface area contributed by atoms with Gasteiger partial charge >= 0.3 is 0 Å². The molecule has 3 nitrogen and oxygen atoms in total. The molecule has 2 aromatic carbocycles. The summed E-state index contributed by atoms with van der Waals surface area (Å²) in [7, 11) is 0. The number of rotatable bonds is 1. The zero-order chi connectivity index (χ0) is 31.7. The van der Waals surface area contributed by atoms with Crippen LogP contribution in [0.3, 0.4) is 0 Å². The van der Waals surface area contributed by atoms with Gasteiger partial charge in [0.05, 0.1) is 16.6 Å². The number of aromatic nitrogens is 3. The summed E-state index contributed by atoms with van der Waals surface area (Å²) in [5.41, 5.74) is 10.1. The molecule has 0 bridgehead atoms. The largest absolute Gasteiger partial charge is 0.279 e. The van der Waals surface area contributed by atoms with Crippen LogP contribution in [0.2, 0.25) is 0 Å². The smallest absolute Gasteiger partial charge is 0.149 e. The van der Waals surface area contributed by atoms with Gasteiger partial charge in [0, 0.05) is 10.8 Å². The number of benzene rings is 2. The zero-order valence-corrected chi connectivity index (χ0v) is 29.7. The van der Waals surface area contributed by atoms with Crippen molar-refractivity contribution in [1.82, 2.24) is 14.4 Å². The van der Waals surface area contributed by atoms with E-state index >= 15 is 0 Å². The van der Waals surface area contributed by atoms with E-state index < -0.39 is 0 Å². The second-order valence-electron chi connectivity index (χ2n) is 15.6. The van der Waals surface area contributed by atoms with Gasteiger partial charge in [0.2, 0.25) is 0 Å². The van der Waals surface area contributed by atoms with Crippen LogP contribution in [-0.2, 0) is 21.7 Å². The molecule has 2 aromatic heterocycles. The van der Waals surface area contributed by atoms with Gasteiger partial charge in [-0.1, -0.05) is 131 Å². The molecule has 3 heteroatoms. The summed E-state index contributed by atoms with van der Waals surface area (Å²) in [6, 6.07) is 9.55. The van der Waals surface area contributed by atoms with Crippen LogP contribution in [0.4, 0.5) is 0 Å². The van der Waals surface area contributed by atoms with Gasteiger partial charge < -0.3 is 0 Å². The summed E-state index contributed by atoms with van der Waals surface area (Å²) in [6.07, 6.45) is 0. The Morgan fingerprint density at radius 3 is 1.63 bits per heavy atom. The molecule has 0 saturated carbocycles. The van der Waals surface area contributed by atoms with Gasteiger partial charge in [-0.05, 0) is 68.0 Å². The van der Waals surface area contributed by atoms with Gasteiger partial charge in [-0.15, -0.1) is 0 Å². The molecule has 2 heterocycles. The number of hydrogen-bond acceptors (Lipinski definition) is 2. The molecule has 0 aliphatic heterocycles. The SMILES string of the molecule is CC.CC.CC(C)c1cc(C(C)(C)C)cc2nc(C(C)(C)C)n3c4cc5c(cc4nc3c12)C(C)(C)C(C)(C)C5(C)C. The van der Waals surface area contributed by atoms with Crippen molar-refractivity contribution in [2.24, 2.45) is 5.41 Å². The van der Waals surface area contributed by atoms with E-state index in [1.54, 1.807) is 0 Å². The lowest BCUT2D eigenvalue weighted by molar-refractivity contribution is 0.125. The van der Waals surface area contributed by atoms with Crippen molar-refractivity contribution in [3.63, 3.8) is 0 Å². The average Bonchev–Trinajstić information content (AvgIpc) is 3.29. The van der Waals surface area contributed by atoms with Crippen LogP contribution in [0.15, 0.2) is 24.3 Å². The molecule has 0 N–H and O–H groups in total. The molecule has 1 aliphatic rings. The second kappa shape index (κ2) is 10.4. The summed E-state index contributed by atoms with van der Waals surface area (Å²) in [5, 5.41) is 1.20. The third kappa shape index (κ3) is 4.80. The number of fused-ring (bicyclic) bond motifs is 6. The van der Waals surface area contributed by atoms with Crippen LogP contribution in [0.1, 0.15) is 159 Å². The van der Waals surface area contributed by atoms with Crippen molar-refractivity contribution < 1.29 is 0 Å². The van der Waals surface area contributed by atoms with E-state index in [-0.39, 0.29) is 27.1 Å². The van der Waals surface area contributed by atoms with Crippen LogP contribution >= 0.6 is 0 Å². The number of hydrogen-bond donors (Lipinski definition) is 0. The van der Waals surface area contributed by atoms with Crippen LogP contribution < -0.4 is 0 Å². The lowest BCUT2D eigenvalue weighted by Crippen LogP contribution is -2.42. The summed E-state index contributed by atoms with van der Waals surface area (Å²) >= 11 is 0. The summed E-state index contributed by atoms with van der Waals surface area (Å²) in [6.45, 7) is 40.8. The van der Waals surface area contributed by atoms with Gasteiger partial charge in [0.25, 0.3) is 0 Å². The lowest BCUT2D eigenvalue weighted by atomic mass is 9.59. The lowest BCUT2D eigenvalue weighted by Gasteiger charge is -2.44. The third-order valence-electron chi connectivity index (χ3n) is 10.2. The highest BCUT2D eigenvalue weighted by molar-refractivity contribution is 6.00. The Labute approximate surface area is 251 Å². The fourth-order valence-corrected chi connectivity index (χ4v) is 6.53. The zero-order valence-electron chi connectivity index (χ0n) is 29.7. The summed E-state index contributed by atoms with van der Waals surface area (Å²) in [4.78, 5) is 10.8. The Kier molecular flexibility index (Phi) is 8.38. The number of imidazole rings is 1. The minimum atomic E-state index is -0.136. The average molecular weight is 558 g/mol. The first kappa shape index (κ1) is 33.1. The minimum absolute atomic E-state index is 0.0427. The molecule has 41 heavy (non-hydrogen) atoms. The van der Waals surface area contributed by atoms with Gasteiger partial charge in [-0.25, -0.2) is 9.97 Å². The Bertz CT molecular complexity index is 1580. The fraction of sp³-hybridized carbons (Fsp3) is 0.632. The topological polar surface area (TPSA) is 30.2 Å². The van der Waals surface area contributed by atoms with Crippen LogP contribution in [0.25, 0.3) is 27.6 Å². The molecular weight excluding hydrogens is 498 g/mol. The van der Waals surface area contributed by atoms with Crippen LogP contribution in [0, 0.1) is 5.41 Å². The standard InChI is InChI=1S/C34H47N3.2C2H6/c1-19(2)21-15-20(30(3,4)5)16-25-27(21)28-35-24-17-22-23(33(11,12)34(13,14)32(22,9)10)18-26(24)37(28)29(36-25)31(6,7)8;2*1-2/h15-19H,1-14H3;2*1-2H3. The molecule has 0 atom stereocenters. The Morgan fingerprint density at radius 2 is 1.17 bits per heavy atom. The van der Waals surface area contributed by atoms with Gasteiger partial charge in [0.1, 0.15) is 11.5 Å². The molecule has 0 amide bonds. The highest BCUT2D eigenvalue weighted by atomic mass is 15.1. The molecule has 1 aliphatic carbocycles. The normalized spacial score (nSPS) is 17.3. The van der Waals surface area contributed by atoms with Crippen molar-refractivity contribution in [2.45, 2.75) is 152 Å². The second-order valence-corrected chi connectivity index (χ2v) is 15.6. The van der Waals surface area contributed by atoms with Crippen molar-refractivity contribution >= 4 is 27.6 Å². The molecular formula is C38H59N3. The number of nitrogens with zero attached hydrogens (tertiary/aromatic N) is 3. The Balaban J connectivity index is 0.00000111. The maximum absolute atomic E-state index is 5.42. The van der Waals surface area contributed by atoms with E-state index in [1.807, 2.05) is 27.7 Å². The maximum atomic E-state index is 5.42. The first-order valence-corrected chi connectivity index (χ1v) is 16.1. The Hall–Kier alpha value is -2.42. The predicted octanol–water partition coefficient (Wildman–Crippen LogP) is 11.4. The van der Waals surface area contributed by atoms with E-state index in [1.165, 1.54) is 33.2 Å². The minimum Gasteiger partial charge on any atom is -0.279 e. The first-order chi connectivity index (χ1) is 18.7. The molecule has 226 valence electrons. The van der Waals surface area contributed by atoms with Crippen molar-refractivity contribution in [2.75, 3.05) is 0 Å². The third-order valence-corrected chi connectivity index (χ3v) is 10.2. The monoisotopic (exact) mass is 557 g/mol. The maximum Gasteiger partial charge on any atom is 0.149 e. The first-order valence-electron chi connectivity index (χ1n) is 16.1. The van der Waals surface area contributed by atoms with E-state index in [0.717, 1.165) is 22.5 Å². The summed E-state index contributed by atoms with van der Waals surface area (Å²) < 4.78 is 2.38. The molecule has 0 unspecified atom stereocenters. The molecule has 0 spiro atoms. The van der Waals surface area contributed by atoms with E-state index in [9.17, 15) is 0 Å². The van der Waals surface area contributed by atoms with Crippen LogP contribution in [0.5, 0.6) is 0 Å². The molecule has 0 saturated heterocycles. The Morgan fingerprint density at radius 1 is 0.659 bits per heavy atom. The molecule has 4 aromatic rings. The highest BCUT2D eigenvalue weighted by Crippen LogP contribution is 2.62. The highest BCUT2D eigenvalue weighted by Gasteiger charge is 2.57. The van der Waals surface area contributed by atoms with E-state index in [2.05, 4.69) is 126 Å². The quantitative estimate of drug-likeness (QED) is 0.233. The molecule has 0 fully saturated rings. The summed E-state index contributed by atoms with van der Waals surface area (Å²) in [5.74, 6) is 1.45. The van der Waals surface area contributed by atoms with E-state index in [0.29, 0.717) is 5.92 Å². The van der Waals surface area contributed by atoms with Crippen molar-refractivity contribution in [1.29, 1.82) is 0 Å².